The normalized spacial score (nSPS) is 26.6. The van der Waals surface area contributed by atoms with E-state index in [-0.39, 0.29) is 12.1 Å². The minimum atomic E-state index is 0.0590. The zero-order valence-corrected chi connectivity index (χ0v) is 17.3. The van der Waals surface area contributed by atoms with Crippen molar-refractivity contribution in [3.8, 4) is 0 Å². The molecule has 2 aliphatic heterocycles. The van der Waals surface area contributed by atoms with E-state index in [0.29, 0.717) is 12.1 Å². The summed E-state index contributed by atoms with van der Waals surface area (Å²) in [5.41, 5.74) is 6.39. The summed E-state index contributed by atoms with van der Waals surface area (Å²) >= 11 is 0. The minimum Gasteiger partial charge on any atom is -0.277 e. The molecule has 2 heterocycles. The zero-order chi connectivity index (χ0) is 20.6. The van der Waals surface area contributed by atoms with Crippen molar-refractivity contribution in [3.05, 3.63) is 144 Å². The Hall–Kier alpha value is -3.49. The monoisotopic (exact) mass is 400 g/mol. The molecule has 6 rings (SSSR count). The number of benzene rings is 4. The standard InChI is InChI=1S/C29H24N2/c1-5-13-21(14-6-1)25-27(23-17-9-3-10-18-23)31-28(24-19-11-4-12-20-24)29(31)26(30-25)22-15-7-2-8-16-22/h1-20,25,27-29H/t25-,27-,28-,29-,31?/m0/s1. The number of aliphatic imine (C=N–C) groups is 1. The van der Waals surface area contributed by atoms with Crippen LogP contribution in [0.15, 0.2) is 126 Å². The Morgan fingerprint density at radius 1 is 0.452 bits per heavy atom. The molecule has 5 atom stereocenters. The van der Waals surface area contributed by atoms with Crippen LogP contribution >= 0.6 is 0 Å². The van der Waals surface area contributed by atoms with Gasteiger partial charge in [-0.25, -0.2) is 0 Å². The molecule has 0 radical (unpaired) electrons. The molecule has 1 unspecified atom stereocenters. The van der Waals surface area contributed by atoms with Crippen molar-refractivity contribution in [2.45, 2.75) is 24.2 Å². The molecular formula is C29H24N2. The highest BCUT2D eigenvalue weighted by atomic mass is 15.4. The van der Waals surface area contributed by atoms with Gasteiger partial charge in [0.2, 0.25) is 0 Å². The Bertz CT molecular complexity index is 1190. The van der Waals surface area contributed by atoms with Crippen molar-refractivity contribution < 1.29 is 0 Å². The fraction of sp³-hybridized carbons (Fsp3) is 0.138. The smallest absolute Gasteiger partial charge is 0.0950 e. The Labute approximate surface area is 183 Å². The molecule has 0 amide bonds. The van der Waals surface area contributed by atoms with Crippen LogP contribution in [0, 0.1) is 0 Å². The Balaban J connectivity index is 1.54. The molecule has 4 aromatic rings. The van der Waals surface area contributed by atoms with E-state index in [0.717, 1.165) is 0 Å². The number of rotatable bonds is 4. The molecule has 0 aliphatic carbocycles. The van der Waals surface area contributed by atoms with Crippen LogP contribution in [0.5, 0.6) is 0 Å². The maximum Gasteiger partial charge on any atom is 0.0950 e. The fourth-order valence-electron chi connectivity index (χ4n) is 5.12. The second-order valence-corrected chi connectivity index (χ2v) is 8.34. The molecule has 1 fully saturated rings. The highest BCUT2D eigenvalue weighted by molar-refractivity contribution is 6.07. The van der Waals surface area contributed by atoms with Crippen LogP contribution < -0.4 is 0 Å². The molecule has 150 valence electrons. The average molecular weight is 401 g/mol. The van der Waals surface area contributed by atoms with Crippen molar-refractivity contribution >= 4 is 5.71 Å². The van der Waals surface area contributed by atoms with E-state index in [4.69, 9.17) is 4.99 Å². The predicted molar refractivity (Wildman–Crippen MR) is 126 cm³/mol. The second-order valence-electron chi connectivity index (χ2n) is 8.34. The molecule has 0 saturated carbocycles. The molecule has 2 nitrogen and oxygen atoms in total. The van der Waals surface area contributed by atoms with Crippen molar-refractivity contribution in [2.24, 2.45) is 4.99 Å². The number of hydrogen-bond donors (Lipinski definition) is 0. The molecule has 0 spiro atoms. The summed E-state index contributed by atoms with van der Waals surface area (Å²) in [5.74, 6) is 0. The van der Waals surface area contributed by atoms with Crippen LogP contribution in [-0.2, 0) is 0 Å². The van der Waals surface area contributed by atoms with Crippen LogP contribution in [0.25, 0.3) is 0 Å². The number of fused-ring (bicyclic) bond motifs is 1. The van der Waals surface area contributed by atoms with Gasteiger partial charge in [-0.05, 0) is 22.3 Å². The maximum atomic E-state index is 5.45. The van der Waals surface area contributed by atoms with E-state index >= 15 is 0 Å². The second kappa shape index (κ2) is 7.64. The number of hydrogen-bond acceptors (Lipinski definition) is 2. The van der Waals surface area contributed by atoms with E-state index in [1.165, 1.54) is 28.0 Å². The van der Waals surface area contributed by atoms with Crippen LogP contribution in [0.2, 0.25) is 0 Å². The van der Waals surface area contributed by atoms with Crippen molar-refractivity contribution in [1.82, 2.24) is 4.90 Å². The lowest BCUT2D eigenvalue weighted by molar-refractivity contribution is 0.311. The lowest BCUT2D eigenvalue weighted by Crippen LogP contribution is -2.29. The maximum absolute atomic E-state index is 5.45. The molecule has 0 bridgehead atoms. The van der Waals surface area contributed by atoms with E-state index in [2.05, 4.69) is 126 Å². The minimum absolute atomic E-state index is 0.0590. The van der Waals surface area contributed by atoms with Gasteiger partial charge in [-0.1, -0.05) is 121 Å². The van der Waals surface area contributed by atoms with Crippen molar-refractivity contribution in [1.29, 1.82) is 0 Å². The summed E-state index contributed by atoms with van der Waals surface area (Å²) in [6.45, 7) is 0. The third-order valence-electron chi connectivity index (χ3n) is 6.52. The van der Waals surface area contributed by atoms with Gasteiger partial charge in [0.1, 0.15) is 0 Å². The first kappa shape index (κ1) is 18.3. The molecule has 0 aromatic heterocycles. The summed E-state index contributed by atoms with van der Waals surface area (Å²) in [6, 6.07) is 44.2. The van der Waals surface area contributed by atoms with Crippen molar-refractivity contribution in [2.75, 3.05) is 0 Å². The highest BCUT2D eigenvalue weighted by Gasteiger charge is 2.59. The van der Waals surface area contributed by atoms with Crippen LogP contribution in [0.4, 0.5) is 0 Å². The van der Waals surface area contributed by atoms with Gasteiger partial charge in [0, 0.05) is 0 Å². The van der Waals surface area contributed by atoms with Gasteiger partial charge in [-0.3, -0.25) is 9.89 Å². The lowest BCUT2D eigenvalue weighted by Gasteiger charge is -2.32. The summed E-state index contributed by atoms with van der Waals surface area (Å²) < 4.78 is 0. The summed E-state index contributed by atoms with van der Waals surface area (Å²) in [6.07, 6.45) is 0. The SMILES string of the molecule is c1ccc(C2=N[C@@H](c3ccccc3)[C@H](c3ccccc3)N3[C@@H]2[C@@H]3c2ccccc2)cc1. The first-order valence-corrected chi connectivity index (χ1v) is 11.0. The van der Waals surface area contributed by atoms with Gasteiger partial charge in [0.05, 0.1) is 29.9 Å². The van der Waals surface area contributed by atoms with Gasteiger partial charge in [0.25, 0.3) is 0 Å². The zero-order valence-electron chi connectivity index (χ0n) is 17.3. The van der Waals surface area contributed by atoms with Crippen LogP contribution in [0.1, 0.15) is 40.4 Å². The number of nitrogens with zero attached hydrogens (tertiary/aromatic N) is 2. The Morgan fingerprint density at radius 2 is 0.903 bits per heavy atom. The molecule has 1 saturated heterocycles. The van der Waals surface area contributed by atoms with Crippen molar-refractivity contribution in [3.63, 3.8) is 0 Å². The molecular weight excluding hydrogens is 376 g/mol. The van der Waals surface area contributed by atoms with Gasteiger partial charge in [0.15, 0.2) is 0 Å². The molecule has 2 aliphatic rings. The quantitative estimate of drug-likeness (QED) is 0.362. The summed E-state index contributed by atoms with van der Waals surface area (Å²) in [7, 11) is 0. The molecule has 2 heteroatoms. The molecule has 4 aromatic carbocycles. The van der Waals surface area contributed by atoms with Gasteiger partial charge < -0.3 is 0 Å². The lowest BCUT2D eigenvalue weighted by atomic mass is 9.91. The van der Waals surface area contributed by atoms with E-state index in [1.54, 1.807) is 0 Å². The van der Waals surface area contributed by atoms with E-state index in [9.17, 15) is 0 Å². The van der Waals surface area contributed by atoms with E-state index < -0.39 is 0 Å². The molecule has 0 N–H and O–H groups in total. The van der Waals surface area contributed by atoms with Gasteiger partial charge in [-0.15, -0.1) is 0 Å². The van der Waals surface area contributed by atoms with E-state index in [1.807, 2.05) is 0 Å². The van der Waals surface area contributed by atoms with Gasteiger partial charge in [-0.2, -0.15) is 0 Å². The Kier molecular flexibility index (Phi) is 4.51. The largest absolute Gasteiger partial charge is 0.277 e. The summed E-state index contributed by atoms with van der Waals surface area (Å²) in [4.78, 5) is 8.12. The fourth-order valence-corrected chi connectivity index (χ4v) is 5.12. The third-order valence-corrected chi connectivity index (χ3v) is 6.52. The Morgan fingerprint density at radius 3 is 1.45 bits per heavy atom. The highest BCUT2D eigenvalue weighted by Crippen LogP contribution is 2.58. The predicted octanol–water partition coefficient (Wildman–Crippen LogP) is 6.40. The topological polar surface area (TPSA) is 15.4 Å². The first-order chi connectivity index (χ1) is 15.4. The van der Waals surface area contributed by atoms with Gasteiger partial charge >= 0.3 is 0 Å². The summed E-state index contributed by atoms with van der Waals surface area (Å²) in [5, 5.41) is 0. The third kappa shape index (κ3) is 3.20. The molecule has 31 heavy (non-hydrogen) atoms. The average Bonchev–Trinajstić information content (AvgIpc) is 3.61. The first-order valence-electron chi connectivity index (χ1n) is 11.0. The van der Waals surface area contributed by atoms with Crippen LogP contribution in [0.3, 0.4) is 0 Å². The van der Waals surface area contributed by atoms with Crippen LogP contribution in [-0.4, -0.2) is 16.7 Å².